The molecule has 1 heterocycles. The number of rotatable bonds is 5. The predicted octanol–water partition coefficient (Wildman–Crippen LogP) is 0.790. The highest BCUT2D eigenvalue weighted by atomic mass is 16.2. The second kappa shape index (κ2) is 7.22. The van der Waals surface area contributed by atoms with Gasteiger partial charge in [0, 0.05) is 24.5 Å². The van der Waals surface area contributed by atoms with Crippen molar-refractivity contribution in [1.82, 2.24) is 16.2 Å². The van der Waals surface area contributed by atoms with Crippen LogP contribution in [0, 0.1) is 19.8 Å². The molecule has 1 fully saturated rings. The van der Waals surface area contributed by atoms with Gasteiger partial charge in [-0.25, -0.2) is 0 Å². The third-order valence-corrected chi connectivity index (χ3v) is 4.61. The SMILES string of the molecule is Cc1ccc(C)c(CCNC(=O)C(N)C2C(C)NNC2C)c1. The van der Waals surface area contributed by atoms with Gasteiger partial charge in [-0.15, -0.1) is 0 Å². The second-order valence-electron chi connectivity index (χ2n) is 6.44. The molecule has 0 spiro atoms. The van der Waals surface area contributed by atoms with Crippen molar-refractivity contribution in [2.45, 2.75) is 52.2 Å². The summed E-state index contributed by atoms with van der Waals surface area (Å²) in [5.74, 6) is 0.0280. The molecule has 5 nitrogen and oxygen atoms in total. The number of hydrogen-bond donors (Lipinski definition) is 4. The van der Waals surface area contributed by atoms with Crippen LogP contribution >= 0.6 is 0 Å². The molecular formula is C17H28N4O. The van der Waals surface area contributed by atoms with Crippen molar-refractivity contribution in [3.05, 3.63) is 34.9 Å². The van der Waals surface area contributed by atoms with Gasteiger partial charge < -0.3 is 11.1 Å². The van der Waals surface area contributed by atoms with Crippen LogP contribution in [0.15, 0.2) is 18.2 Å². The fraction of sp³-hybridized carbons (Fsp3) is 0.588. The maximum atomic E-state index is 12.3. The Balaban J connectivity index is 1.86. The van der Waals surface area contributed by atoms with Crippen LogP contribution in [-0.4, -0.2) is 30.6 Å². The van der Waals surface area contributed by atoms with E-state index in [0.717, 1.165) is 6.42 Å². The minimum atomic E-state index is -0.494. The zero-order valence-electron chi connectivity index (χ0n) is 13.9. The Kier molecular flexibility index (Phi) is 5.56. The van der Waals surface area contributed by atoms with Gasteiger partial charge in [-0.1, -0.05) is 23.8 Å². The van der Waals surface area contributed by atoms with Gasteiger partial charge in [0.1, 0.15) is 0 Å². The molecule has 3 unspecified atom stereocenters. The van der Waals surface area contributed by atoms with Crippen molar-refractivity contribution in [1.29, 1.82) is 0 Å². The Morgan fingerprint density at radius 2 is 1.91 bits per heavy atom. The number of carbonyl (C=O) groups is 1. The van der Waals surface area contributed by atoms with E-state index >= 15 is 0 Å². The molecular weight excluding hydrogens is 276 g/mol. The Bertz CT molecular complexity index is 521. The molecule has 122 valence electrons. The first kappa shape index (κ1) is 16.9. The second-order valence-corrected chi connectivity index (χ2v) is 6.44. The molecule has 1 aliphatic rings. The quantitative estimate of drug-likeness (QED) is 0.648. The van der Waals surface area contributed by atoms with Gasteiger partial charge in [0.15, 0.2) is 0 Å². The van der Waals surface area contributed by atoms with Crippen molar-refractivity contribution in [3.8, 4) is 0 Å². The first-order valence-electron chi connectivity index (χ1n) is 8.00. The summed E-state index contributed by atoms with van der Waals surface area (Å²) in [6.45, 7) is 8.89. The van der Waals surface area contributed by atoms with Gasteiger partial charge in [-0.05, 0) is 45.2 Å². The van der Waals surface area contributed by atoms with Crippen molar-refractivity contribution in [2.75, 3.05) is 6.54 Å². The van der Waals surface area contributed by atoms with Crippen LogP contribution in [0.25, 0.3) is 0 Å². The zero-order chi connectivity index (χ0) is 16.3. The van der Waals surface area contributed by atoms with Gasteiger partial charge in [-0.3, -0.25) is 15.6 Å². The summed E-state index contributed by atoms with van der Waals surface area (Å²) in [4.78, 5) is 12.3. The Morgan fingerprint density at radius 3 is 2.55 bits per heavy atom. The lowest BCUT2D eigenvalue weighted by Gasteiger charge is -2.24. The van der Waals surface area contributed by atoms with Gasteiger partial charge in [0.2, 0.25) is 5.91 Å². The first-order valence-corrected chi connectivity index (χ1v) is 8.00. The van der Waals surface area contributed by atoms with Crippen molar-refractivity contribution >= 4 is 5.91 Å². The third kappa shape index (κ3) is 3.85. The van der Waals surface area contributed by atoms with Crippen LogP contribution < -0.4 is 21.9 Å². The van der Waals surface area contributed by atoms with E-state index in [4.69, 9.17) is 5.73 Å². The number of hydrazine groups is 1. The minimum absolute atomic E-state index is 0.0699. The van der Waals surface area contributed by atoms with Gasteiger partial charge in [0.25, 0.3) is 0 Å². The number of benzene rings is 1. The molecule has 3 atom stereocenters. The number of nitrogens with two attached hydrogens (primary N) is 1. The van der Waals surface area contributed by atoms with E-state index in [0.29, 0.717) is 6.54 Å². The minimum Gasteiger partial charge on any atom is -0.354 e. The molecule has 1 aromatic rings. The molecule has 2 rings (SSSR count). The standard InChI is InChI=1S/C17H28N4O/c1-10-5-6-11(2)14(9-10)7-8-19-17(22)16(18)15-12(3)20-21-13(15)4/h5-6,9,12-13,15-16,20-21H,7-8,18H2,1-4H3,(H,19,22). The van der Waals surface area contributed by atoms with E-state index in [1.165, 1.54) is 16.7 Å². The van der Waals surface area contributed by atoms with E-state index in [-0.39, 0.29) is 23.9 Å². The Morgan fingerprint density at radius 1 is 1.27 bits per heavy atom. The van der Waals surface area contributed by atoms with Crippen LogP contribution in [0.4, 0.5) is 0 Å². The third-order valence-electron chi connectivity index (χ3n) is 4.61. The molecule has 1 aliphatic heterocycles. The molecule has 0 aromatic heterocycles. The highest BCUT2D eigenvalue weighted by molar-refractivity contribution is 5.82. The lowest BCUT2D eigenvalue weighted by Crippen LogP contribution is -2.51. The molecule has 22 heavy (non-hydrogen) atoms. The lowest BCUT2D eigenvalue weighted by molar-refractivity contribution is -0.123. The fourth-order valence-electron chi connectivity index (χ4n) is 3.19. The number of hydrogen-bond acceptors (Lipinski definition) is 4. The Labute approximate surface area is 133 Å². The van der Waals surface area contributed by atoms with Crippen LogP contribution in [-0.2, 0) is 11.2 Å². The summed E-state index contributed by atoms with van der Waals surface area (Å²) in [6.07, 6.45) is 0.832. The molecule has 0 bridgehead atoms. The summed E-state index contributed by atoms with van der Waals surface area (Å²) in [6, 6.07) is 6.29. The van der Waals surface area contributed by atoms with E-state index in [1.807, 2.05) is 13.8 Å². The summed E-state index contributed by atoms with van der Waals surface area (Å²) in [7, 11) is 0. The molecule has 1 aromatic carbocycles. The summed E-state index contributed by atoms with van der Waals surface area (Å²) < 4.78 is 0. The molecule has 5 N–H and O–H groups in total. The van der Waals surface area contributed by atoms with Crippen molar-refractivity contribution in [2.24, 2.45) is 11.7 Å². The van der Waals surface area contributed by atoms with E-state index in [1.54, 1.807) is 0 Å². The maximum Gasteiger partial charge on any atom is 0.237 e. The molecule has 0 aliphatic carbocycles. The van der Waals surface area contributed by atoms with Crippen LogP contribution in [0.1, 0.15) is 30.5 Å². The number of amides is 1. The highest BCUT2D eigenvalue weighted by Crippen LogP contribution is 2.17. The maximum absolute atomic E-state index is 12.3. The van der Waals surface area contributed by atoms with Gasteiger partial charge in [0.05, 0.1) is 6.04 Å². The summed E-state index contributed by atoms with van der Waals surface area (Å²) in [5.41, 5.74) is 16.2. The Hall–Kier alpha value is -1.43. The lowest BCUT2D eigenvalue weighted by atomic mass is 9.88. The summed E-state index contributed by atoms with van der Waals surface area (Å²) in [5, 5.41) is 2.98. The van der Waals surface area contributed by atoms with Crippen LogP contribution in [0.5, 0.6) is 0 Å². The average Bonchev–Trinajstić information content (AvgIpc) is 2.81. The predicted molar refractivity (Wildman–Crippen MR) is 89.3 cm³/mol. The number of nitrogens with one attached hydrogen (secondary N) is 3. The monoisotopic (exact) mass is 304 g/mol. The van der Waals surface area contributed by atoms with E-state index in [9.17, 15) is 4.79 Å². The van der Waals surface area contributed by atoms with Crippen LogP contribution in [0.3, 0.4) is 0 Å². The topological polar surface area (TPSA) is 79.2 Å². The van der Waals surface area contributed by atoms with Crippen LogP contribution in [0.2, 0.25) is 0 Å². The van der Waals surface area contributed by atoms with E-state index in [2.05, 4.69) is 48.2 Å². The number of aryl methyl sites for hydroxylation is 2. The van der Waals surface area contributed by atoms with Gasteiger partial charge >= 0.3 is 0 Å². The molecule has 0 saturated carbocycles. The molecule has 1 saturated heterocycles. The van der Waals surface area contributed by atoms with Crippen molar-refractivity contribution in [3.63, 3.8) is 0 Å². The van der Waals surface area contributed by atoms with Crippen molar-refractivity contribution < 1.29 is 4.79 Å². The molecule has 1 amide bonds. The summed E-state index contributed by atoms with van der Waals surface area (Å²) >= 11 is 0. The normalized spacial score (nSPS) is 26.0. The smallest absolute Gasteiger partial charge is 0.237 e. The zero-order valence-corrected chi connectivity index (χ0v) is 13.9. The first-order chi connectivity index (χ1) is 10.4. The molecule has 0 radical (unpaired) electrons. The largest absolute Gasteiger partial charge is 0.354 e. The number of carbonyl (C=O) groups excluding carboxylic acids is 1. The fourth-order valence-corrected chi connectivity index (χ4v) is 3.19. The molecule has 5 heteroatoms. The highest BCUT2D eigenvalue weighted by Gasteiger charge is 2.37. The van der Waals surface area contributed by atoms with E-state index < -0.39 is 6.04 Å². The van der Waals surface area contributed by atoms with Gasteiger partial charge in [-0.2, -0.15) is 0 Å². The average molecular weight is 304 g/mol.